The quantitative estimate of drug-likeness (QED) is 0.572. The van der Waals surface area contributed by atoms with Crippen LogP contribution in [0.25, 0.3) is 0 Å². The molecule has 0 atom stereocenters. The lowest BCUT2D eigenvalue weighted by Gasteiger charge is -2.32. The van der Waals surface area contributed by atoms with Gasteiger partial charge in [-0.05, 0) is 32.9 Å². The van der Waals surface area contributed by atoms with Crippen molar-refractivity contribution in [2.75, 3.05) is 19.6 Å². The van der Waals surface area contributed by atoms with Gasteiger partial charge < -0.3 is 4.84 Å². The van der Waals surface area contributed by atoms with Crippen molar-refractivity contribution >= 4 is 23.2 Å². The minimum absolute atomic E-state index is 0.528. The number of rotatable bonds is 5. The highest BCUT2D eigenvalue weighted by atomic mass is 35.5. The first-order chi connectivity index (χ1) is 7.56. The summed E-state index contributed by atoms with van der Waals surface area (Å²) in [7, 11) is 0. The Hall–Kier alpha value is -0.440. The third-order valence-electron chi connectivity index (χ3n) is 2.92. The lowest BCUT2D eigenvalue weighted by atomic mass is 10.3. The van der Waals surface area contributed by atoms with Crippen LogP contribution in [0.1, 0.15) is 20.8 Å². The van der Waals surface area contributed by atoms with Crippen LogP contribution in [0.5, 0.6) is 5.75 Å². The Bertz CT molecular complexity index is 343. The number of nitrogens with zero attached hydrogens (tertiary/aromatic N) is 1. The van der Waals surface area contributed by atoms with Crippen molar-refractivity contribution in [2.45, 2.75) is 20.8 Å². The van der Waals surface area contributed by atoms with Crippen LogP contribution in [0, 0.1) is 0 Å². The maximum Gasteiger partial charge on any atom is 0.191 e. The van der Waals surface area contributed by atoms with Crippen LogP contribution in [-0.4, -0.2) is 24.3 Å². The Morgan fingerprint density at radius 1 is 1.00 bits per heavy atom. The summed E-state index contributed by atoms with van der Waals surface area (Å²) < 4.78 is 0.595. The molecular weight excluding hydrogens is 245 g/mol. The van der Waals surface area contributed by atoms with Gasteiger partial charge in [0.2, 0.25) is 0 Å². The van der Waals surface area contributed by atoms with Gasteiger partial charge >= 0.3 is 0 Å². The average molecular weight is 263 g/mol. The molecule has 0 saturated heterocycles. The van der Waals surface area contributed by atoms with E-state index in [4.69, 9.17) is 28.0 Å². The molecule has 90 valence electrons. The zero-order valence-electron chi connectivity index (χ0n) is 9.96. The Morgan fingerprint density at radius 3 is 2.00 bits per heavy atom. The summed E-state index contributed by atoms with van der Waals surface area (Å²) in [5.41, 5.74) is 0. The Labute approximate surface area is 107 Å². The minimum Gasteiger partial charge on any atom is -0.315 e. The minimum atomic E-state index is 0.528. The molecule has 2 nitrogen and oxygen atoms in total. The van der Waals surface area contributed by atoms with Gasteiger partial charge in [0.1, 0.15) is 19.6 Å². The molecule has 0 amide bonds. The molecule has 1 rings (SSSR count). The second-order valence-electron chi connectivity index (χ2n) is 3.67. The first-order valence-electron chi connectivity index (χ1n) is 5.57. The molecular formula is C12H18Cl2NO+. The molecule has 4 heteroatoms. The number of quaternary nitrogens is 1. The average Bonchev–Trinajstić information content (AvgIpc) is 2.31. The normalized spacial score (nSPS) is 11.6. The van der Waals surface area contributed by atoms with Gasteiger partial charge in [-0.3, -0.25) is 0 Å². The van der Waals surface area contributed by atoms with Crippen LogP contribution in [-0.2, 0) is 0 Å². The third-order valence-corrected chi connectivity index (χ3v) is 3.66. The van der Waals surface area contributed by atoms with Gasteiger partial charge in [-0.15, -0.1) is 4.65 Å². The van der Waals surface area contributed by atoms with Gasteiger partial charge in [0.15, 0.2) is 5.75 Å². The molecule has 0 radical (unpaired) electrons. The maximum absolute atomic E-state index is 5.98. The molecule has 1 aromatic carbocycles. The van der Waals surface area contributed by atoms with E-state index in [0.29, 0.717) is 14.7 Å². The summed E-state index contributed by atoms with van der Waals surface area (Å²) in [5, 5.41) is 1.08. The molecule has 0 N–H and O–H groups in total. The molecule has 0 unspecified atom stereocenters. The lowest BCUT2D eigenvalue weighted by Crippen LogP contribution is -2.50. The number of halogens is 2. The predicted octanol–water partition coefficient (Wildman–Crippen LogP) is 4.16. The SMILES string of the molecule is CC[N+](CC)(CC)Oc1ccc(Cl)c(Cl)c1. The Kier molecular flexibility index (Phi) is 4.90. The fourth-order valence-electron chi connectivity index (χ4n) is 1.62. The summed E-state index contributed by atoms with van der Waals surface area (Å²) >= 11 is 11.8. The zero-order valence-corrected chi connectivity index (χ0v) is 11.5. The second kappa shape index (κ2) is 5.76. The lowest BCUT2D eigenvalue weighted by molar-refractivity contribution is -1.07. The molecule has 0 saturated carbocycles. The van der Waals surface area contributed by atoms with Crippen LogP contribution in [0.3, 0.4) is 0 Å². The van der Waals surface area contributed by atoms with E-state index in [9.17, 15) is 0 Å². The molecule has 1 aromatic rings. The Morgan fingerprint density at radius 2 is 1.56 bits per heavy atom. The van der Waals surface area contributed by atoms with Crippen LogP contribution in [0.4, 0.5) is 0 Å². The fraction of sp³-hybridized carbons (Fsp3) is 0.500. The van der Waals surface area contributed by atoms with Gasteiger partial charge in [0, 0.05) is 6.07 Å². The van der Waals surface area contributed by atoms with E-state index in [1.807, 2.05) is 6.07 Å². The van der Waals surface area contributed by atoms with E-state index in [1.54, 1.807) is 12.1 Å². The topological polar surface area (TPSA) is 9.23 Å². The maximum atomic E-state index is 5.98. The Balaban J connectivity index is 2.89. The summed E-state index contributed by atoms with van der Waals surface area (Å²) in [6.45, 7) is 9.12. The number of hydroxylamine groups is 3. The van der Waals surface area contributed by atoms with Gasteiger partial charge in [0.25, 0.3) is 0 Å². The molecule has 0 bridgehead atoms. The van der Waals surface area contributed by atoms with Crippen molar-refractivity contribution < 1.29 is 9.48 Å². The van der Waals surface area contributed by atoms with E-state index < -0.39 is 0 Å². The predicted molar refractivity (Wildman–Crippen MR) is 69.0 cm³/mol. The van der Waals surface area contributed by atoms with Crippen molar-refractivity contribution in [1.29, 1.82) is 0 Å². The smallest absolute Gasteiger partial charge is 0.191 e. The fourth-order valence-corrected chi connectivity index (χ4v) is 1.91. The van der Waals surface area contributed by atoms with Crippen molar-refractivity contribution in [1.82, 2.24) is 0 Å². The first-order valence-corrected chi connectivity index (χ1v) is 6.33. The number of benzene rings is 1. The highest BCUT2D eigenvalue weighted by molar-refractivity contribution is 6.42. The van der Waals surface area contributed by atoms with E-state index in [-0.39, 0.29) is 0 Å². The summed E-state index contributed by atoms with van der Waals surface area (Å²) in [5.74, 6) is 0.764. The van der Waals surface area contributed by atoms with Crippen molar-refractivity contribution in [3.05, 3.63) is 28.2 Å². The highest BCUT2D eigenvalue weighted by Crippen LogP contribution is 2.27. The molecule has 0 heterocycles. The summed E-state index contributed by atoms with van der Waals surface area (Å²) in [6, 6.07) is 5.37. The summed E-state index contributed by atoms with van der Waals surface area (Å²) in [4.78, 5) is 5.98. The van der Waals surface area contributed by atoms with Crippen LogP contribution in [0.15, 0.2) is 18.2 Å². The molecule has 0 aromatic heterocycles. The van der Waals surface area contributed by atoms with Gasteiger partial charge in [-0.25, -0.2) is 0 Å². The third kappa shape index (κ3) is 3.03. The van der Waals surface area contributed by atoms with Crippen molar-refractivity contribution in [3.8, 4) is 5.75 Å². The van der Waals surface area contributed by atoms with Crippen LogP contribution < -0.4 is 4.84 Å². The first kappa shape index (κ1) is 13.6. The number of hydrogen-bond acceptors (Lipinski definition) is 1. The molecule has 0 aliphatic carbocycles. The monoisotopic (exact) mass is 262 g/mol. The van der Waals surface area contributed by atoms with Crippen molar-refractivity contribution in [2.24, 2.45) is 0 Å². The molecule has 0 spiro atoms. The van der Waals surface area contributed by atoms with Gasteiger partial charge in [0.05, 0.1) is 10.0 Å². The zero-order chi connectivity index (χ0) is 12.2. The number of hydrogen-bond donors (Lipinski definition) is 0. The molecule has 0 aliphatic rings. The van der Waals surface area contributed by atoms with E-state index in [2.05, 4.69) is 20.8 Å². The van der Waals surface area contributed by atoms with E-state index in [1.165, 1.54) is 0 Å². The second-order valence-corrected chi connectivity index (χ2v) is 4.49. The van der Waals surface area contributed by atoms with Crippen LogP contribution >= 0.6 is 23.2 Å². The largest absolute Gasteiger partial charge is 0.315 e. The van der Waals surface area contributed by atoms with Gasteiger partial charge in [-0.1, -0.05) is 23.2 Å². The molecule has 0 fully saturated rings. The van der Waals surface area contributed by atoms with Crippen LogP contribution in [0.2, 0.25) is 10.0 Å². The highest BCUT2D eigenvalue weighted by Gasteiger charge is 2.24. The molecule has 0 aliphatic heterocycles. The van der Waals surface area contributed by atoms with Crippen molar-refractivity contribution in [3.63, 3.8) is 0 Å². The summed E-state index contributed by atoms with van der Waals surface area (Å²) in [6.07, 6.45) is 0. The van der Waals surface area contributed by atoms with E-state index in [0.717, 1.165) is 25.4 Å². The standard InChI is InChI=1S/C12H18Cl2NO/c1-4-15(5-2,6-3)16-10-7-8-11(13)12(14)9-10/h7-9H,4-6H2,1-3H3/q+1. The molecule has 16 heavy (non-hydrogen) atoms. The van der Waals surface area contributed by atoms with Gasteiger partial charge in [-0.2, -0.15) is 0 Å². The van der Waals surface area contributed by atoms with E-state index >= 15 is 0 Å².